The molecule has 0 bridgehead atoms. The molecule has 0 radical (unpaired) electrons. The summed E-state index contributed by atoms with van der Waals surface area (Å²) >= 11 is 1.89. The van der Waals surface area contributed by atoms with Crippen molar-refractivity contribution in [2.45, 2.75) is 58.5 Å². The van der Waals surface area contributed by atoms with Gasteiger partial charge in [0.15, 0.2) is 5.78 Å². The van der Waals surface area contributed by atoms with E-state index in [2.05, 4.69) is 32.6 Å². The maximum absolute atomic E-state index is 12.1. The molecule has 15 heavy (non-hydrogen) atoms. The van der Waals surface area contributed by atoms with Gasteiger partial charge in [-0.25, -0.2) is 0 Å². The Bertz CT molecular complexity index is 248. The van der Waals surface area contributed by atoms with Crippen LogP contribution in [0.15, 0.2) is 0 Å². The fourth-order valence-electron chi connectivity index (χ4n) is 2.40. The van der Waals surface area contributed by atoms with Crippen LogP contribution < -0.4 is 0 Å². The Morgan fingerprint density at radius 1 is 1.33 bits per heavy atom. The number of hydrogen-bond donors (Lipinski definition) is 0. The predicted octanol–water partition coefficient (Wildman–Crippen LogP) is 2.77. The van der Waals surface area contributed by atoms with Gasteiger partial charge in [0.2, 0.25) is 0 Å². The van der Waals surface area contributed by atoms with Gasteiger partial charge in [-0.1, -0.05) is 13.8 Å². The van der Waals surface area contributed by atoms with Gasteiger partial charge >= 0.3 is 0 Å². The van der Waals surface area contributed by atoms with Crippen LogP contribution >= 0.6 is 11.8 Å². The van der Waals surface area contributed by atoms with Crippen molar-refractivity contribution >= 4 is 17.5 Å². The van der Waals surface area contributed by atoms with Crippen LogP contribution in [0.5, 0.6) is 0 Å². The molecule has 1 aliphatic rings. The first kappa shape index (κ1) is 13.0. The molecule has 1 aliphatic heterocycles. The van der Waals surface area contributed by atoms with E-state index in [0.717, 1.165) is 5.75 Å². The molecule has 88 valence electrons. The van der Waals surface area contributed by atoms with Crippen LogP contribution in [0.2, 0.25) is 0 Å². The van der Waals surface area contributed by atoms with Crippen molar-refractivity contribution in [3.8, 4) is 0 Å². The van der Waals surface area contributed by atoms with Crippen molar-refractivity contribution in [3.05, 3.63) is 0 Å². The summed E-state index contributed by atoms with van der Waals surface area (Å²) in [6.07, 6.45) is 0. The number of rotatable bonds is 3. The molecule has 1 fully saturated rings. The van der Waals surface area contributed by atoms with Gasteiger partial charge in [-0.3, -0.25) is 9.69 Å². The number of carbonyl (C=O) groups excluding carboxylic acids is 1. The standard InChI is InChI=1S/C12H23NOS/c1-8(2)11(14)10-7-15-12(5,6)13(10)9(3)4/h8-10H,7H2,1-6H3. The van der Waals surface area contributed by atoms with Gasteiger partial charge in [0.1, 0.15) is 0 Å². The van der Waals surface area contributed by atoms with E-state index in [9.17, 15) is 4.79 Å². The van der Waals surface area contributed by atoms with E-state index in [-0.39, 0.29) is 16.8 Å². The Morgan fingerprint density at radius 3 is 2.27 bits per heavy atom. The summed E-state index contributed by atoms with van der Waals surface area (Å²) in [5, 5.41) is 0. The monoisotopic (exact) mass is 229 g/mol. The lowest BCUT2D eigenvalue weighted by molar-refractivity contribution is -0.127. The summed E-state index contributed by atoms with van der Waals surface area (Å²) in [6, 6.07) is 0.549. The first-order valence-electron chi connectivity index (χ1n) is 5.73. The Morgan fingerprint density at radius 2 is 1.87 bits per heavy atom. The quantitative estimate of drug-likeness (QED) is 0.742. The van der Waals surface area contributed by atoms with Gasteiger partial charge in [0, 0.05) is 17.7 Å². The highest BCUT2D eigenvalue weighted by Crippen LogP contribution is 2.41. The number of thioether (sulfide) groups is 1. The minimum Gasteiger partial charge on any atom is -0.298 e. The fourth-order valence-corrected chi connectivity index (χ4v) is 3.78. The highest BCUT2D eigenvalue weighted by atomic mass is 32.2. The van der Waals surface area contributed by atoms with Crippen LogP contribution in [-0.4, -0.2) is 33.4 Å². The van der Waals surface area contributed by atoms with E-state index in [1.807, 2.05) is 25.6 Å². The van der Waals surface area contributed by atoms with Crippen molar-refractivity contribution in [3.63, 3.8) is 0 Å². The molecule has 1 heterocycles. The second kappa shape index (κ2) is 4.46. The molecule has 2 nitrogen and oxygen atoms in total. The first-order chi connectivity index (χ1) is 6.77. The molecule has 0 N–H and O–H groups in total. The summed E-state index contributed by atoms with van der Waals surface area (Å²) in [4.78, 5) is 14.6. The number of carbonyl (C=O) groups is 1. The molecule has 0 aromatic heterocycles. The third-order valence-corrected chi connectivity index (χ3v) is 4.41. The van der Waals surface area contributed by atoms with E-state index in [1.54, 1.807) is 0 Å². The normalized spacial score (nSPS) is 26.5. The van der Waals surface area contributed by atoms with E-state index < -0.39 is 0 Å². The van der Waals surface area contributed by atoms with Crippen LogP contribution in [0.3, 0.4) is 0 Å². The summed E-state index contributed by atoms with van der Waals surface area (Å²) < 4.78 is 0. The molecular formula is C12H23NOS. The molecule has 0 spiro atoms. The van der Waals surface area contributed by atoms with Crippen LogP contribution in [0.1, 0.15) is 41.5 Å². The zero-order valence-corrected chi connectivity index (χ0v) is 11.5. The van der Waals surface area contributed by atoms with Gasteiger partial charge in [-0.15, -0.1) is 11.8 Å². The SMILES string of the molecule is CC(C)C(=O)C1CSC(C)(C)N1C(C)C. The van der Waals surface area contributed by atoms with Gasteiger partial charge in [-0.05, 0) is 27.7 Å². The third kappa shape index (κ3) is 2.56. The lowest BCUT2D eigenvalue weighted by Gasteiger charge is -2.37. The zero-order valence-electron chi connectivity index (χ0n) is 10.7. The molecule has 0 amide bonds. The van der Waals surface area contributed by atoms with Gasteiger partial charge in [0.25, 0.3) is 0 Å². The van der Waals surface area contributed by atoms with E-state index in [0.29, 0.717) is 11.8 Å². The summed E-state index contributed by atoms with van der Waals surface area (Å²) in [6.45, 7) is 12.8. The maximum atomic E-state index is 12.1. The second-order valence-electron chi connectivity index (χ2n) is 5.33. The van der Waals surface area contributed by atoms with Crippen LogP contribution in [0.4, 0.5) is 0 Å². The van der Waals surface area contributed by atoms with E-state index >= 15 is 0 Å². The minimum atomic E-state index is 0.101. The number of Topliss-reactive ketones (excluding diaryl/α,β-unsaturated/α-hetero) is 1. The zero-order chi connectivity index (χ0) is 11.8. The lowest BCUT2D eigenvalue weighted by Crippen LogP contribution is -2.50. The van der Waals surface area contributed by atoms with Gasteiger partial charge in [0.05, 0.1) is 10.9 Å². The summed E-state index contributed by atoms with van der Waals surface area (Å²) in [5.74, 6) is 1.48. The molecule has 0 aromatic rings. The topological polar surface area (TPSA) is 20.3 Å². The Labute approximate surface area is 97.8 Å². The largest absolute Gasteiger partial charge is 0.298 e. The first-order valence-corrected chi connectivity index (χ1v) is 6.72. The van der Waals surface area contributed by atoms with Crippen molar-refractivity contribution in [2.75, 3.05) is 5.75 Å². The average Bonchev–Trinajstić information content (AvgIpc) is 2.39. The fraction of sp³-hybridized carbons (Fsp3) is 0.917. The van der Waals surface area contributed by atoms with Crippen LogP contribution in [0.25, 0.3) is 0 Å². The molecule has 1 atom stereocenters. The lowest BCUT2D eigenvalue weighted by atomic mass is 9.99. The minimum absolute atomic E-state index is 0.101. The van der Waals surface area contributed by atoms with Gasteiger partial charge in [-0.2, -0.15) is 0 Å². The number of nitrogens with zero attached hydrogens (tertiary/aromatic N) is 1. The molecule has 0 aromatic carbocycles. The molecule has 1 rings (SSSR count). The third-order valence-electron chi connectivity index (χ3n) is 3.01. The van der Waals surface area contributed by atoms with E-state index in [1.165, 1.54) is 0 Å². The molecule has 0 aliphatic carbocycles. The van der Waals surface area contributed by atoms with Crippen LogP contribution in [0, 0.1) is 5.92 Å². The molecular weight excluding hydrogens is 206 g/mol. The van der Waals surface area contributed by atoms with Crippen molar-refractivity contribution in [2.24, 2.45) is 5.92 Å². The highest BCUT2D eigenvalue weighted by Gasteiger charge is 2.44. The summed E-state index contributed by atoms with van der Waals surface area (Å²) in [5.41, 5.74) is 0. The number of ketones is 1. The maximum Gasteiger partial charge on any atom is 0.153 e. The Kier molecular flexibility index (Phi) is 3.88. The van der Waals surface area contributed by atoms with Crippen molar-refractivity contribution < 1.29 is 4.79 Å². The highest BCUT2D eigenvalue weighted by molar-refractivity contribution is 8.00. The van der Waals surface area contributed by atoms with Crippen molar-refractivity contribution in [1.82, 2.24) is 4.90 Å². The second-order valence-corrected chi connectivity index (χ2v) is 6.95. The predicted molar refractivity (Wildman–Crippen MR) is 67.1 cm³/mol. The van der Waals surface area contributed by atoms with E-state index in [4.69, 9.17) is 0 Å². The Balaban J connectivity index is 2.88. The molecule has 1 unspecified atom stereocenters. The number of hydrogen-bond acceptors (Lipinski definition) is 3. The molecule has 1 saturated heterocycles. The van der Waals surface area contributed by atoms with Crippen LogP contribution in [-0.2, 0) is 4.79 Å². The molecule has 3 heteroatoms. The van der Waals surface area contributed by atoms with Crippen molar-refractivity contribution in [1.29, 1.82) is 0 Å². The Hall–Kier alpha value is -0.0200. The average molecular weight is 229 g/mol. The molecule has 0 saturated carbocycles. The summed E-state index contributed by atoms with van der Waals surface area (Å²) in [7, 11) is 0. The van der Waals surface area contributed by atoms with Gasteiger partial charge < -0.3 is 0 Å². The smallest absolute Gasteiger partial charge is 0.153 e.